The minimum absolute atomic E-state index is 0.305. The zero-order chi connectivity index (χ0) is 15.7. The Hall–Kier alpha value is -1.10. The van der Waals surface area contributed by atoms with Crippen molar-refractivity contribution in [2.75, 3.05) is 40.5 Å². The zero-order valence-corrected chi connectivity index (χ0v) is 14.1. The Balaban J connectivity index is 2.72. The SMILES string of the molecule is CCOc1ccc(C(CN(CC)C(C)COC)NC)cc1. The molecule has 21 heavy (non-hydrogen) atoms. The van der Waals surface area contributed by atoms with Crippen LogP contribution in [-0.2, 0) is 4.74 Å². The quantitative estimate of drug-likeness (QED) is 0.719. The smallest absolute Gasteiger partial charge is 0.119 e. The summed E-state index contributed by atoms with van der Waals surface area (Å²) in [5.41, 5.74) is 1.28. The maximum Gasteiger partial charge on any atom is 0.119 e. The lowest BCUT2D eigenvalue weighted by Crippen LogP contribution is -2.41. The number of hydrogen-bond acceptors (Lipinski definition) is 4. The first kappa shape index (κ1) is 18.0. The van der Waals surface area contributed by atoms with Crippen LogP contribution >= 0.6 is 0 Å². The van der Waals surface area contributed by atoms with E-state index in [1.54, 1.807) is 7.11 Å². The third-order valence-corrected chi connectivity index (χ3v) is 3.80. The van der Waals surface area contributed by atoms with Gasteiger partial charge < -0.3 is 14.8 Å². The molecule has 2 unspecified atom stereocenters. The van der Waals surface area contributed by atoms with Gasteiger partial charge in [-0.1, -0.05) is 19.1 Å². The van der Waals surface area contributed by atoms with Crippen LogP contribution < -0.4 is 10.1 Å². The normalized spacial score (nSPS) is 14.2. The number of likely N-dealkylation sites (N-methyl/N-ethyl adjacent to an activating group) is 2. The van der Waals surface area contributed by atoms with Crippen molar-refractivity contribution in [1.29, 1.82) is 0 Å². The number of methoxy groups -OCH3 is 1. The summed E-state index contributed by atoms with van der Waals surface area (Å²) in [7, 11) is 3.77. The molecule has 0 heterocycles. The predicted molar refractivity (Wildman–Crippen MR) is 88.0 cm³/mol. The lowest BCUT2D eigenvalue weighted by atomic mass is 10.1. The van der Waals surface area contributed by atoms with Gasteiger partial charge in [0.15, 0.2) is 0 Å². The maximum atomic E-state index is 5.50. The molecule has 4 nitrogen and oxygen atoms in total. The lowest BCUT2D eigenvalue weighted by molar-refractivity contribution is 0.0963. The van der Waals surface area contributed by atoms with Crippen molar-refractivity contribution in [3.05, 3.63) is 29.8 Å². The van der Waals surface area contributed by atoms with Gasteiger partial charge in [-0.3, -0.25) is 4.90 Å². The molecule has 4 heteroatoms. The molecule has 1 rings (SSSR count). The van der Waals surface area contributed by atoms with Crippen molar-refractivity contribution in [2.45, 2.75) is 32.9 Å². The molecular weight excluding hydrogens is 264 g/mol. The molecule has 0 saturated carbocycles. The van der Waals surface area contributed by atoms with E-state index in [4.69, 9.17) is 9.47 Å². The largest absolute Gasteiger partial charge is 0.494 e. The average molecular weight is 294 g/mol. The third kappa shape index (κ3) is 5.65. The van der Waals surface area contributed by atoms with Crippen LogP contribution in [0.25, 0.3) is 0 Å². The summed E-state index contributed by atoms with van der Waals surface area (Å²) in [6.07, 6.45) is 0. The Morgan fingerprint density at radius 1 is 1.19 bits per heavy atom. The topological polar surface area (TPSA) is 33.7 Å². The van der Waals surface area contributed by atoms with Gasteiger partial charge in [0, 0.05) is 25.7 Å². The summed E-state index contributed by atoms with van der Waals surface area (Å²) in [5.74, 6) is 0.927. The molecule has 1 aromatic carbocycles. The van der Waals surface area contributed by atoms with Crippen LogP contribution in [-0.4, -0.2) is 51.4 Å². The van der Waals surface area contributed by atoms with E-state index in [1.165, 1.54) is 5.56 Å². The molecule has 1 N–H and O–H groups in total. The van der Waals surface area contributed by atoms with Crippen LogP contribution in [0.1, 0.15) is 32.4 Å². The third-order valence-electron chi connectivity index (χ3n) is 3.80. The highest BCUT2D eigenvalue weighted by Crippen LogP contribution is 2.19. The van der Waals surface area contributed by atoms with Gasteiger partial charge in [-0.05, 0) is 45.1 Å². The molecule has 0 spiro atoms. The number of nitrogens with one attached hydrogen (secondary N) is 1. The van der Waals surface area contributed by atoms with Gasteiger partial charge >= 0.3 is 0 Å². The Kier molecular flexibility index (Phi) is 8.35. The number of rotatable bonds is 10. The summed E-state index contributed by atoms with van der Waals surface area (Å²) in [5, 5.41) is 3.41. The van der Waals surface area contributed by atoms with Gasteiger partial charge in [-0.15, -0.1) is 0 Å². The highest BCUT2D eigenvalue weighted by atomic mass is 16.5. The van der Waals surface area contributed by atoms with Crippen LogP contribution in [0.4, 0.5) is 0 Å². The fourth-order valence-corrected chi connectivity index (χ4v) is 2.53. The highest BCUT2D eigenvalue weighted by Gasteiger charge is 2.18. The minimum atomic E-state index is 0.305. The zero-order valence-electron chi connectivity index (χ0n) is 14.1. The molecule has 0 aliphatic carbocycles. The number of hydrogen-bond donors (Lipinski definition) is 1. The highest BCUT2D eigenvalue weighted by molar-refractivity contribution is 5.29. The molecule has 0 aliphatic heterocycles. The second-order valence-electron chi connectivity index (χ2n) is 5.24. The lowest BCUT2D eigenvalue weighted by Gasteiger charge is -2.31. The Labute approximate surface area is 129 Å². The van der Waals surface area contributed by atoms with E-state index in [1.807, 2.05) is 26.1 Å². The summed E-state index contributed by atoms with van der Waals surface area (Å²) < 4.78 is 10.8. The molecule has 1 aromatic rings. The Morgan fingerprint density at radius 2 is 1.86 bits per heavy atom. The molecule has 0 fully saturated rings. The van der Waals surface area contributed by atoms with Crippen LogP contribution in [0, 0.1) is 0 Å². The van der Waals surface area contributed by atoms with E-state index >= 15 is 0 Å². The first-order valence-electron chi connectivity index (χ1n) is 7.79. The average Bonchev–Trinajstić information content (AvgIpc) is 2.50. The predicted octanol–water partition coefficient (Wildman–Crippen LogP) is 2.70. The van der Waals surface area contributed by atoms with Crippen molar-refractivity contribution >= 4 is 0 Å². The molecule has 0 amide bonds. The summed E-state index contributed by atoms with van der Waals surface area (Å²) in [6, 6.07) is 9.08. The van der Waals surface area contributed by atoms with Crippen LogP contribution in [0.15, 0.2) is 24.3 Å². The van der Waals surface area contributed by atoms with Gasteiger partial charge in [0.05, 0.1) is 13.2 Å². The molecule has 0 aliphatic rings. The molecule has 0 aromatic heterocycles. The summed E-state index contributed by atoms with van der Waals surface area (Å²) in [6.45, 7) is 9.83. The number of benzene rings is 1. The van der Waals surface area contributed by atoms with Gasteiger partial charge in [-0.2, -0.15) is 0 Å². The number of ether oxygens (including phenoxy) is 2. The van der Waals surface area contributed by atoms with Crippen molar-refractivity contribution in [3.8, 4) is 5.75 Å². The first-order chi connectivity index (χ1) is 10.2. The van der Waals surface area contributed by atoms with Crippen molar-refractivity contribution < 1.29 is 9.47 Å². The molecule has 0 radical (unpaired) electrons. The first-order valence-corrected chi connectivity index (χ1v) is 7.79. The fraction of sp³-hybridized carbons (Fsp3) is 0.647. The van der Waals surface area contributed by atoms with Crippen molar-refractivity contribution in [3.63, 3.8) is 0 Å². The molecule has 0 bridgehead atoms. The molecular formula is C17H30N2O2. The van der Waals surface area contributed by atoms with Crippen molar-refractivity contribution in [1.82, 2.24) is 10.2 Å². The molecule has 0 saturated heterocycles. The van der Waals surface area contributed by atoms with E-state index in [0.717, 1.165) is 25.4 Å². The van der Waals surface area contributed by atoms with E-state index in [9.17, 15) is 0 Å². The van der Waals surface area contributed by atoms with Gasteiger partial charge in [0.2, 0.25) is 0 Å². The monoisotopic (exact) mass is 294 g/mol. The number of nitrogens with zero attached hydrogens (tertiary/aromatic N) is 1. The van der Waals surface area contributed by atoms with Gasteiger partial charge in [0.25, 0.3) is 0 Å². The Morgan fingerprint density at radius 3 is 2.33 bits per heavy atom. The van der Waals surface area contributed by atoms with E-state index in [2.05, 4.69) is 36.2 Å². The summed E-state index contributed by atoms with van der Waals surface area (Å²) in [4.78, 5) is 2.43. The van der Waals surface area contributed by atoms with Gasteiger partial charge in [-0.25, -0.2) is 0 Å². The van der Waals surface area contributed by atoms with Crippen LogP contribution in [0.5, 0.6) is 5.75 Å². The van der Waals surface area contributed by atoms with E-state index < -0.39 is 0 Å². The van der Waals surface area contributed by atoms with Crippen molar-refractivity contribution in [2.24, 2.45) is 0 Å². The maximum absolute atomic E-state index is 5.50. The van der Waals surface area contributed by atoms with Gasteiger partial charge in [0.1, 0.15) is 5.75 Å². The molecule has 120 valence electrons. The Bertz CT molecular complexity index is 381. The van der Waals surface area contributed by atoms with Crippen LogP contribution in [0.2, 0.25) is 0 Å². The minimum Gasteiger partial charge on any atom is -0.494 e. The standard InChI is InChI=1S/C17H30N2O2/c1-6-19(14(3)13-20-5)12-17(18-4)15-8-10-16(11-9-15)21-7-2/h8-11,14,17-18H,6-7,12-13H2,1-5H3. The summed E-state index contributed by atoms with van der Waals surface area (Å²) >= 11 is 0. The fourth-order valence-electron chi connectivity index (χ4n) is 2.53. The van der Waals surface area contributed by atoms with Crippen LogP contribution in [0.3, 0.4) is 0 Å². The molecule has 2 atom stereocenters. The van der Waals surface area contributed by atoms with E-state index in [0.29, 0.717) is 18.7 Å². The second kappa shape index (κ2) is 9.77. The second-order valence-corrected chi connectivity index (χ2v) is 5.24. The van der Waals surface area contributed by atoms with E-state index in [-0.39, 0.29) is 0 Å².